The highest BCUT2D eigenvalue weighted by atomic mass is 16.1. The summed E-state index contributed by atoms with van der Waals surface area (Å²) in [4.78, 5) is 34.6. The van der Waals surface area contributed by atoms with Gasteiger partial charge >= 0.3 is 0 Å². The van der Waals surface area contributed by atoms with Crippen molar-refractivity contribution in [2.45, 2.75) is 41.5 Å². The molecule has 0 aliphatic rings. The summed E-state index contributed by atoms with van der Waals surface area (Å²) >= 11 is 0. The minimum absolute atomic E-state index is 0.0338. The Kier molecular flexibility index (Phi) is 9.19. The molecule has 0 aliphatic carbocycles. The SMILES string of the molecule is CC(=O)C(C)(C)CN=C=O.CNCC(C)(C)C(C)=O. The summed E-state index contributed by atoms with van der Waals surface area (Å²) in [5, 5.41) is 2.97. The number of carbonyl (C=O) groups is 2. The molecule has 5 nitrogen and oxygen atoms in total. The molecular weight excluding hydrogens is 244 g/mol. The Hall–Kier alpha value is -1.32. The van der Waals surface area contributed by atoms with Gasteiger partial charge in [0.25, 0.3) is 0 Å². The lowest BCUT2D eigenvalue weighted by atomic mass is 9.89. The number of Topliss-reactive ketones (excluding diaryl/α,β-unsaturated/α-hetero) is 2. The highest BCUT2D eigenvalue weighted by Gasteiger charge is 2.22. The Bertz CT molecular complexity index is 354. The first-order valence-electron chi connectivity index (χ1n) is 6.21. The summed E-state index contributed by atoms with van der Waals surface area (Å²) in [6, 6.07) is 0. The zero-order valence-electron chi connectivity index (χ0n) is 13.1. The van der Waals surface area contributed by atoms with Crippen LogP contribution in [0.4, 0.5) is 0 Å². The Labute approximate surface area is 115 Å². The molecule has 0 amide bonds. The molecule has 0 bridgehead atoms. The number of nitrogens with one attached hydrogen (secondary N) is 1. The van der Waals surface area contributed by atoms with Crippen LogP contribution < -0.4 is 5.32 Å². The fraction of sp³-hybridized carbons (Fsp3) is 0.786. The van der Waals surface area contributed by atoms with Gasteiger partial charge in [-0.2, -0.15) is 0 Å². The number of aliphatic imine (C=N–C) groups is 1. The van der Waals surface area contributed by atoms with Crippen LogP contribution in [-0.2, 0) is 14.4 Å². The molecule has 1 N–H and O–H groups in total. The van der Waals surface area contributed by atoms with Gasteiger partial charge in [0, 0.05) is 17.4 Å². The van der Waals surface area contributed by atoms with Crippen molar-refractivity contribution in [2.75, 3.05) is 20.1 Å². The first-order chi connectivity index (χ1) is 8.51. The molecule has 0 aromatic rings. The zero-order chi connectivity index (χ0) is 15.7. The lowest BCUT2D eigenvalue weighted by Crippen LogP contribution is -2.32. The van der Waals surface area contributed by atoms with Gasteiger partial charge in [0.2, 0.25) is 6.08 Å². The Balaban J connectivity index is 0. The minimum atomic E-state index is -0.516. The van der Waals surface area contributed by atoms with E-state index in [4.69, 9.17) is 0 Å². The molecule has 0 aromatic heterocycles. The van der Waals surface area contributed by atoms with Gasteiger partial charge < -0.3 is 5.32 Å². The van der Waals surface area contributed by atoms with Crippen LogP contribution in [0.2, 0.25) is 0 Å². The third-order valence-electron chi connectivity index (χ3n) is 3.06. The third-order valence-corrected chi connectivity index (χ3v) is 3.06. The van der Waals surface area contributed by atoms with E-state index in [0.29, 0.717) is 0 Å². The number of rotatable bonds is 6. The molecule has 0 aliphatic heterocycles. The van der Waals surface area contributed by atoms with Crippen LogP contribution in [0.5, 0.6) is 0 Å². The molecule has 110 valence electrons. The van der Waals surface area contributed by atoms with E-state index in [2.05, 4.69) is 10.3 Å². The van der Waals surface area contributed by atoms with Crippen LogP contribution in [0.25, 0.3) is 0 Å². The highest BCUT2D eigenvalue weighted by molar-refractivity contribution is 5.82. The standard InChI is InChI=1S/C7H11NO2.C7H15NO/c1-6(10)7(2,3)4-8-5-9;1-6(9)7(2,3)5-8-4/h4H2,1-3H3;8H,5H2,1-4H3. The van der Waals surface area contributed by atoms with Gasteiger partial charge in [-0.3, -0.25) is 9.59 Å². The van der Waals surface area contributed by atoms with Crippen molar-refractivity contribution >= 4 is 17.6 Å². The van der Waals surface area contributed by atoms with Crippen molar-refractivity contribution < 1.29 is 14.4 Å². The molecule has 5 heteroatoms. The second-order valence-electron chi connectivity index (χ2n) is 5.82. The topological polar surface area (TPSA) is 75.6 Å². The highest BCUT2D eigenvalue weighted by Crippen LogP contribution is 2.15. The Morgan fingerprint density at radius 1 is 1.05 bits per heavy atom. The largest absolute Gasteiger partial charge is 0.319 e. The van der Waals surface area contributed by atoms with E-state index in [1.54, 1.807) is 20.8 Å². The van der Waals surface area contributed by atoms with Crippen molar-refractivity contribution in [1.29, 1.82) is 0 Å². The second kappa shape index (κ2) is 8.73. The van der Waals surface area contributed by atoms with Crippen molar-refractivity contribution in [2.24, 2.45) is 15.8 Å². The first kappa shape index (κ1) is 20.0. The molecule has 0 atom stereocenters. The molecule has 0 heterocycles. The van der Waals surface area contributed by atoms with Crippen LogP contribution in [0.3, 0.4) is 0 Å². The van der Waals surface area contributed by atoms with E-state index in [-0.39, 0.29) is 23.5 Å². The van der Waals surface area contributed by atoms with Gasteiger partial charge in [-0.15, -0.1) is 0 Å². The third kappa shape index (κ3) is 9.28. The summed E-state index contributed by atoms with van der Waals surface area (Å²) in [5.41, 5.74) is -0.716. The molecule has 0 fully saturated rings. The van der Waals surface area contributed by atoms with E-state index in [1.165, 1.54) is 13.0 Å². The predicted molar refractivity (Wildman–Crippen MR) is 75.8 cm³/mol. The van der Waals surface area contributed by atoms with Crippen molar-refractivity contribution in [3.63, 3.8) is 0 Å². The maximum atomic E-state index is 10.8. The van der Waals surface area contributed by atoms with Gasteiger partial charge in [-0.1, -0.05) is 27.7 Å². The summed E-state index contributed by atoms with van der Waals surface area (Å²) in [6.07, 6.45) is 1.40. The Morgan fingerprint density at radius 3 is 1.68 bits per heavy atom. The van der Waals surface area contributed by atoms with Crippen LogP contribution in [0, 0.1) is 10.8 Å². The smallest absolute Gasteiger partial charge is 0.234 e. The monoisotopic (exact) mass is 270 g/mol. The molecular formula is C14H26N2O3. The van der Waals surface area contributed by atoms with Gasteiger partial charge in [0.1, 0.15) is 11.6 Å². The van der Waals surface area contributed by atoms with E-state index >= 15 is 0 Å². The number of nitrogens with zero attached hydrogens (tertiary/aromatic N) is 1. The van der Waals surface area contributed by atoms with Gasteiger partial charge in [0.15, 0.2) is 0 Å². The van der Waals surface area contributed by atoms with Crippen LogP contribution >= 0.6 is 0 Å². The normalized spacial score (nSPS) is 10.9. The summed E-state index contributed by atoms with van der Waals surface area (Å²) < 4.78 is 0. The summed E-state index contributed by atoms with van der Waals surface area (Å²) in [7, 11) is 1.85. The number of ketones is 2. The number of isocyanates is 1. The molecule has 0 saturated heterocycles. The number of carbonyl (C=O) groups excluding carboxylic acids is 3. The van der Waals surface area contributed by atoms with Crippen molar-refractivity contribution in [1.82, 2.24) is 5.32 Å². The van der Waals surface area contributed by atoms with Gasteiger partial charge in [-0.05, 0) is 20.9 Å². The van der Waals surface area contributed by atoms with Gasteiger partial charge in [0.05, 0.1) is 6.54 Å². The van der Waals surface area contributed by atoms with Crippen LogP contribution in [-0.4, -0.2) is 37.8 Å². The molecule has 0 aromatic carbocycles. The Morgan fingerprint density at radius 2 is 1.47 bits per heavy atom. The van der Waals surface area contributed by atoms with Gasteiger partial charge in [-0.25, -0.2) is 9.79 Å². The molecule has 0 rings (SSSR count). The van der Waals surface area contributed by atoms with Crippen molar-refractivity contribution in [3.05, 3.63) is 0 Å². The average Bonchev–Trinajstić information content (AvgIpc) is 2.27. The second-order valence-corrected chi connectivity index (χ2v) is 5.82. The molecule has 0 spiro atoms. The summed E-state index contributed by atoms with van der Waals surface area (Å²) in [5.74, 6) is 0.267. The van der Waals surface area contributed by atoms with Crippen LogP contribution in [0.1, 0.15) is 41.5 Å². The number of hydrogen-bond acceptors (Lipinski definition) is 5. The number of hydrogen-bond donors (Lipinski definition) is 1. The van der Waals surface area contributed by atoms with E-state index in [1.807, 2.05) is 20.9 Å². The molecule has 0 radical (unpaired) electrons. The predicted octanol–water partition coefficient (Wildman–Crippen LogP) is 1.76. The van der Waals surface area contributed by atoms with Crippen LogP contribution in [0.15, 0.2) is 4.99 Å². The lowest BCUT2D eigenvalue weighted by molar-refractivity contribution is -0.125. The zero-order valence-corrected chi connectivity index (χ0v) is 13.1. The van der Waals surface area contributed by atoms with E-state index in [9.17, 15) is 14.4 Å². The molecule has 0 saturated carbocycles. The quantitative estimate of drug-likeness (QED) is 0.589. The lowest BCUT2D eigenvalue weighted by Gasteiger charge is -2.19. The summed E-state index contributed by atoms with van der Waals surface area (Å²) in [6.45, 7) is 11.5. The minimum Gasteiger partial charge on any atom is -0.319 e. The molecule has 0 unspecified atom stereocenters. The maximum Gasteiger partial charge on any atom is 0.234 e. The first-order valence-corrected chi connectivity index (χ1v) is 6.21. The fourth-order valence-electron chi connectivity index (χ4n) is 0.908. The average molecular weight is 270 g/mol. The van der Waals surface area contributed by atoms with E-state index in [0.717, 1.165) is 6.54 Å². The molecule has 19 heavy (non-hydrogen) atoms. The fourth-order valence-corrected chi connectivity index (χ4v) is 0.908. The maximum absolute atomic E-state index is 10.8. The van der Waals surface area contributed by atoms with Crippen molar-refractivity contribution in [3.8, 4) is 0 Å². The van der Waals surface area contributed by atoms with E-state index < -0.39 is 5.41 Å².